The Labute approximate surface area is 153 Å². The number of benzene rings is 1. The molecular formula is C19H28F3N3O. The van der Waals surface area contributed by atoms with Crippen molar-refractivity contribution >= 4 is 11.6 Å². The van der Waals surface area contributed by atoms with Gasteiger partial charge in [0.25, 0.3) is 0 Å². The van der Waals surface area contributed by atoms with E-state index in [1.165, 1.54) is 12.1 Å². The molecule has 0 aromatic heterocycles. The number of nitrogens with zero attached hydrogens (tertiary/aromatic N) is 2. The fraction of sp³-hybridized carbons (Fsp3) is 0.632. The molecule has 1 amide bonds. The van der Waals surface area contributed by atoms with Crippen LogP contribution in [-0.4, -0.2) is 55.0 Å². The number of likely N-dealkylation sites (tertiary alicyclic amines) is 1. The van der Waals surface area contributed by atoms with Crippen LogP contribution in [0.3, 0.4) is 0 Å². The van der Waals surface area contributed by atoms with Crippen molar-refractivity contribution in [1.29, 1.82) is 0 Å². The van der Waals surface area contributed by atoms with Crippen molar-refractivity contribution in [2.45, 2.75) is 38.9 Å². The van der Waals surface area contributed by atoms with Crippen molar-refractivity contribution in [3.63, 3.8) is 0 Å². The smallest absolute Gasteiger partial charge is 0.325 e. The standard InChI is InChI=1S/C19H28F3N3O/c1-4-10-24(3)12-15-9-11-25(13-15)14(2)18(26)23-17-7-5-16(6-8-17)19(20,21)22/h5-8,14-15H,4,9-13H2,1-3H3,(H,23,26)/t14-,15+/m0/s1. The Morgan fingerprint density at radius 3 is 2.58 bits per heavy atom. The maximum Gasteiger partial charge on any atom is 0.416 e. The summed E-state index contributed by atoms with van der Waals surface area (Å²) >= 11 is 0. The van der Waals surface area contributed by atoms with Gasteiger partial charge in [0, 0.05) is 18.8 Å². The number of amides is 1. The highest BCUT2D eigenvalue weighted by Crippen LogP contribution is 2.30. The van der Waals surface area contributed by atoms with Crippen molar-refractivity contribution in [1.82, 2.24) is 9.80 Å². The number of carbonyl (C=O) groups excluding carboxylic acids is 1. The quantitative estimate of drug-likeness (QED) is 0.794. The first-order chi connectivity index (χ1) is 12.2. The highest BCUT2D eigenvalue weighted by atomic mass is 19.4. The van der Waals surface area contributed by atoms with Crippen LogP contribution in [0.4, 0.5) is 18.9 Å². The molecule has 1 aromatic carbocycles. The van der Waals surface area contributed by atoms with Crippen LogP contribution in [0.5, 0.6) is 0 Å². The minimum absolute atomic E-state index is 0.188. The Kier molecular flexibility index (Phi) is 7.06. The van der Waals surface area contributed by atoms with Gasteiger partial charge >= 0.3 is 6.18 Å². The van der Waals surface area contributed by atoms with Gasteiger partial charge in [0.15, 0.2) is 0 Å². The number of rotatable bonds is 7. The molecular weight excluding hydrogens is 343 g/mol. The average molecular weight is 371 g/mol. The second-order valence-corrected chi connectivity index (χ2v) is 7.15. The summed E-state index contributed by atoms with van der Waals surface area (Å²) in [4.78, 5) is 16.9. The number of hydrogen-bond donors (Lipinski definition) is 1. The molecule has 2 rings (SSSR count). The van der Waals surface area contributed by atoms with E-state index in [-0.39, 0.29) is 11.9 Å². The Hall–Kier alpha value is -1.60. The molecule has 0 saturated carbocycles. The number of hydrogen-bond acceptors (Lipinski definition) is 3. The van der Waals surface area contributed by atoms with E-state index >= 15 is 0 Å². The monoisotopic (exact) mass is 371 g/mol. The number of anilines is 1. The van der Waals surface area contributed by atoms with Gasteiger partial charge in [0.05, 0.1) is 11.6 Å². The van der Waals surface area contributed by atoms with Crippen LogP contribution < -0.4 is 5.32 Å². The molecule has 1 aliphatic rings. The number of nitrogens with one attached hydrogen (secondary N) is 1. The number of carbonyl (C=O) groups is 1. The first kappa shape index (κ1) is 20.7. The van der Waals surface area contributed by atoms with Crippen LogP contribution in [0.25, 0.3) is 0 Å². The Morgan fingerprint density at radius 2 is 2.00 bits per heavy atom. The van der Waals surface area contributed by atoms with E-state index in [0.717, 1.165) is 51.2 Å². The summed E-state index contributed by atoms with van der Waals surface area (Å²) in [7, 11) is 2.12. The van der Waals surface area contributed by atoms with Gasteiger partial charge in [-0.1, -0.05) is 6.92 Å². The first-order valence-corrected chi connectivity index (χ1v) is 9.11. The molecule has 0 radical (unpaired) electrons. The van der Waals surface area contributed by atoms with Gasteiger partial charge in [-0.25, -0.2) is 0 Å². The second-order valence-electron chi connectivity index (χ2n) is 7.15. The molecule has 0 bridgehead atoms. The van der Waals surface area contributed by atoms with Gasteiger partial charge in [-0.2, -0.15) is 13.2 Å². The van der Waals surface area contributed by atoms with E-state index in [0.29, 0.717) is 11.6 Å². The predicted molar refractivity (Wildman–Crippen MR) is 97.0 cm³/mol. The van der Waals surface area contributed by atoms with Gasteiger partial charge in [0.2, 0.25) is 5.91 Å². The van der Waals surface area contributed by atoms with Crippen molar-refractivity contribution in [2.24, 2.45) is 5.92 Å². The summed E-state index contributed by atoms with van der Waals surface area (Å²) in [5.41, 5.74) is -0.338. The van der Waals surface area contributed by atoms with Crippen LogP contribution >= 0.6 is 0 Å². The highest BCUT2D eigenvalue weighted by molar-refractivity contribution is 5.94. The van der Waals surface area contributed by atoms with Crippen molar-refractivity contribution in [3.8, 4) is 0 Å². The van der Waals surface area contributed by atoms with E-state index < -0.39 is 11.7 Å². The molecule has 1 N–H and O–H groups in total. The number of alkyl halides is 3. The summed E-state index contributed by atoms with van der Waals surface area (Å²) in [5, 5.41) is 2.71. The predicted octanol–water partition coefficient (Wildman–Crippen LogP) is 3.70. The average Bonchev–Trinajstić information content (AvgIpc) is 3.02. The third-order valence-electron chi connectivity index (χ3n) is 4.90. The molecule has 0 unspecified atom stereocenters. The topological polar surface area (TPSA) is 35.6 Å². The van der Waals surface area contributed by atoms with E-state index in [1.54, 1.807) is 0 Å². The van der Waals surface area contributed by atoms with Gasteiger partial charge in [-0.3, -0.25) is 9.69 Å². The fourth-order valence-corrected chi connectivity index (χ4v) is 3.43. The summed E-state index contributed by atoms with van der Waals surface area (Å²) in [6.45, 7) is 7.84. The third-order valence-corrected chi connectivity index (χ3v) is 4.90. The van der Waals surface area contributed by atoms with E-state index in [9.17, 15) is 18.0 Å². The first-order valence-electron chi connectivity index (χ1n) is 9.11. The van der Waals surface area contributed by atoms with E-state index in [2.05, 4.69) is 29.1 Å². The molecule has 146 valence electrons. The molecule has 26 heavy (non-hydrogen) atoms. The SMILES string of the molecule is CCCN(C)C[C@H]1CCN([C@@H](C)C(=O)Nc2ccc(C(F)(F)F)cc2)C1. The summed E-state index contributed by atoms with van der Waals surface area (Å²) < 4.78 is 37.8. The molecule has 0 spiro atoms. The minimum atomic E-state index is -4.37. The number of halogens is 3. The molecule has 0 aliphatic carbocycles. The van der Waals surface area contributed by atoms with Crippen LogP contribution in [0.15, 0.2) is 24.3 Å². The van der Waals surface area contributed by atoms with Crippen molar-refractivity contribution in [2.75, 3.05) is 38.5 Å². The van der Waals surface area contributed by atoms with Gasteiger partial charge < -0.3 is 10.2 Å². The van der Waals surface area contributed by atoms with Crippen molar-refractivity contribution < 1.29 is 18.0 Å². The molecule has 2 atom stereocenters. The Morgan fingerprint density at radius 1 is 1.35 bits per heavy atom. The lowest BCUT2D eigenvalue weighted by Gasteiger charge is -2.25. The molecule has 1 fully saturated rings. The lowest BCUT2D eigenvalue weighted by molar-refractivity contribution is -0.137. The third kappa shape index (κ3) is 5.71. The molecule has 4 nitrogen and oxygen atoms in total. The highest BCUT2D eigenvalue weighted by Gasteiger charge is 2.31. The van der Waals surface area contributed by atoms with Crippen LogP contribution in [-0.2, 0) is 11.0 Å². The zero-order chi connectivity index (χ0) is 19.3. The summed E-state index contributed by atoms with van der Waals surface area (Å²) in [6, 6.07) is 4.24. The molecule has 1 saturated heterocycles. The van der Waals surface area contributed by atoms with Gasteiger partial charge in [-0.15, -0.1) is 0 Å². The largest absolute Gasteiger partial charge is 0.416 e. The van der Waals surface area contributed by atoms with Gasteiger partial charge in [-0.05, 0) is 70.1 Å². The maximum atomic E-state index is 12.6. The van der Waals surface area contributed by atoms with Crippen LogP contribution in [0.2, 0.25) is 0 Å². The fourth-order valence-electron chi connectivity index (χ4n) is 3.43. The van der Waals surface area contributed by atoms with Crippen molar-refractivity contribution in [3.05, 3.63) is 29.8 Å². The van der Waals surface area contributed by atoms with Gasteiger partial charge in [0.1, 0.15) is 0 Å². The second kappa shape index (κ2) is 8.86. The minimum Gasteiger partial charge on any atom is -0.325 e. The Balaban J connectivity index is 1.86. The van der Waals surface area contributed by atoms with E-state index in [4.69, 9.17) is 0 Å². The zero-order valence-corrected chi connectivity index (χ0v) is 15.6. The zero-order valence-electron chi connectivity index (χ0n) is 15.6. The summed E-state index contributed by atoms with van der Waals surface area (Å²) in [5.74, 6) is 0.361. The van der Waals surface area contributed by atoms with Crippen LogP contribution in [0.1, 0.15) is 32.3 Å². The molecule has 1 aliphatic heterocycles. The summed E-state index contributed by atoms with van der Waals surface area (Å²) in [6.07, 6.45) is -2.18. The lowest BCUT2D eigenvalue weighted by Crippen LogP contribution is -2.41. The normalized spacial score (nSPS) is 19.7. The molecule has 1 aromatic rings. The molecule has 7 heteroatoms. The Bertz CT molecular complexity index is 589. The molecule has 1 heterocycles. The van der Waals surface area contributed by atoms with E-state index in [1.807, 2.05) is 6.92 Å². The van der Waals surface area contributed by atoms with Crippen LogP contribution in [0, 0.1) is 5.92 Å². The maximum absolute atomic E-state index is 12.6. The lowest BCUT2D eigenvalue weighted by atomic mass is 10.1.